The fourth-order valence-electron chi connectivity index (χ4n) is 8.36. The molecule has 304 valence electrons. The van der Waals surface area contributed by atoms with Gasteiger partial charge in [-0.05, 0) is 125 Å². The maximum Gasteiger partial charge on any atom is 0.0554 e. The first-order valence-electron chi connectivity index (χ1n) is 21.7. The van der Waals surface area contributed by atoms with Gasteiger partial charge in [-0.1, -0.05) is 172 Å². The van der Waals surface area contributed by atoms with Crippen LogP contribution in [0.5, 0.6) is 0 Å². The zero-order chi connectivity index (χ0) is 42.3. The molecule has 0 saturated carbocycles. The van der Waals surface area contributed by atoms with Crippen LogP contribution in [0.3, 0.4) is 0 Å². The van der Waals surface area contributed by atoms with Gasteiger partial charge in [0, 0.05) is 50.5 Å². The van der Waals surface area contributed by atoms with Gasteiger partial charge in [0.15, 0.2) is 0 Å². The Labute approximate surface area is 371 Å². The average Bonchev–Trinajstić information content (AvgIpc) is 3.34. The van der Waals surface area contributed by atoms with Gasteiger partial charge in [0.25, 0.3) is 0 Å². The minimum atomic E-state index is 0.959. The van der Waals surface area contributed by atoms with Gasteiger partial charge in [0.2, 0.25) is 0 Å². The van der Waals surface area contributed by atoms with Gasteiger partial charge in [-0.3, -0.25) is 0 Å². The largest absolute Gasteiger partial charge is 0.340 e. The second kappa shape index (κ2) is 18.7. The average molecular weight is 822 g/mol. The topological polar surface area (TPSA) is 9.72 Å². The zero-order valence-electron chi connectivity index (χ0n) is 35.3. The SMILES string of the molecule is C=Cc1ccc(N(c2ccc(-c3ccccc3)cc2)c2ccc3c(c2)Sc2cc(N(c4ccc(C=C)cc4)c4ccc(-c5ccccc5)cc4)ccc2N3CCCCCC)cc1. The zero-order valence-corrected chi connectivity index (χ0v) is 36.1. The molecule has 8 aromatic carbocycles. The summed E-state index contributed by atoms with van der Waals surface area (Å²) in [6, 6.07) is 70.4. The lowest BCUT2D eigenvalue weighted by Crippen LogP contribution is -2.22. The highest BCUT2D eigenvalue weighted by Gasteiger charge is 2.27. The third-order valence-electron chi connectivity index (χ3n) is 11.7. The molecule has 3 nitrogen and oxygen atoms in total. The van der Waals surface area contributed by atoms with Crippen molar-refractivity contribution in [1.29, 1.82) is 0 Å². The van der Waals surface area contributed by atoms with Crippen LogP contribution in [0.1, 0.15) is 43.7 Å². The van der Waals surface area contributed by atoms with Crippen LogP contribution in [0.25, 0.3) is 34.4 Å². The third-order valence-corrected chi connectivity index (χ3v) is 12.8. The minimum absolute atomic E-state index is 0.959. The fraction of sp³-hybridized carbons (Fsp3) is 0.103. The molecular weight excluding hydrogens is 771 g/mol. The van der Waals surface area contributed by atoms with E-state index < -0.39 is 0 Å². The summed E-state index contributed by atoms with van der Waals surface area (Å²) in [4.78, 5) is 9.78. The van der Waals surface area contributed by atoms with Crippen molar-refractivity contribution in [2.24, 2.45) is 0 Å². The molecule has 0 amide bonds. The first-order valence-corrected chi connectivity index (χ1v) is 22.5. The molecule has 4 heteroatoms. The lowest BCUT2D eigenvalue weighted by atomic mass is 10.0. The Morgan fingerprint density at radius 1 is 0.419 bits per heavy atom. The van der Waals surface area contributed by atoms with Gasteiger partial charge < -0.3 is 14.7 Å². The summed E-state index contributed by atoms with van der Waals surface area (Å²) >= 11 is 1.86. The molecule has 1 aliphatic rings. The summed E-state index contributed by atoms with van der Waals surface area (Å²) in [6.45, 7) is 11.3. The second-order valence-corrected chi connectivity index (χ2v) is 16.8. The Morgan fingerprint density at radius 3 is 1.18 bits per heavy atom. The summed E-state index contributed by atoms with van der Waals surface area (Å²) in [5.41, 5.74) is 16.1. The molecule has 0 saturated heterocycles. The van der Waals surface area contributed by atoms with E-state index in [9.17, 15) is 0 Å². The first kappa shape index (κ1) is 40.4. The van der Waals surface area contributed by atoms with Crippen molar-refractivity contribution in [2.45, 2.75) is 42.4 Å². The van der Waals surface area contributed by atoms with Crippen molar-refractivity contribution in [3.63, 3.8) is 0 Å². The van der Waals surface area contributed by atoms with Gasteiger partial charge in [-0.25, -0.2) is 0 Å². The number of hydrogen-bond donors (Lipinski definition) is 0. The van der Waals surface area contributed by atoms with Crippen molar-refractivity contribution >= 4 is 69.4 Å². The van der Waals surface area contributed by atoms with E-state index in [2.05, 4.69) is 229 Å². The Bertz CT molecular complexity index is 2570. The summed E-state index contributed by atoms with van der Waals surface area (Å²) in [7, 11) is 0. The predicted octanol–water partition coefficient (Wildman–Crippen LogP) is 17.4. The molecule has 0 N–H and O–H groups in total. The van der Waals surface area contributed by atoms with E-state index in [4.69, 9.17) is 0 Å². The van der Waals surface area contributed by atoms with Gasteiger partial charge in [0.1, 0.15) is 0 Å². The molecule has 0 radical (unpaired) electrons. The number of unbranched alkanes of at least 4 members (excludes halogenated alkanes) is 3. The lowest BCUT2D eigenvalue weighted by Gasteiger charge is -2.35. The Morgan fingerprint density at radius 2 is 0.790 bits per heavy atom. The monoisotopic (exact) mass is 821 g/mol. The molecule has 0 bridgehead atoms. The van der Waals surface area contributed by atoms with Crippen molar-refractivity contribution in [3.05, 3.63) is 218 Å². The summed E-state index contributed by atoms with van der Waals surface area (Å²) in [5, 5.41) is 0. The summed E-state index contributed by atoms with van der Waals surface area (Å²) < 4.78 is 0. The van der Waals surface area contributed by atoms with Crippen LogP contribution in [0.2, 0.25) is 0 Å². The summed E-state index contributed by atoms with van der Waals surface area (Å²) in [5.74, 6) is 0. The molecule has 9 rings (SSSR count). The number of hydrogen-bond acceptors (Lipinski definition) is 4. The van der Waals surface area contributed by atoms with Gasteiger partial charge >= 0.3 is 0 Å². The van der Waals surface area contributed by atoms with Crippen molar-refractivity contribution in [2.75, 3.05) is 21.2 Å². The maximum atomic E-state index is 4.01. The minimum Gasteiger partial charge on any atom is -0.340 e. The number of rotatable bonds is 15. The Hall–Kier alpha value is -7.01. The number of nitrogens with zero attached hydrogens (tertiary/aromatic N) is 3. The molecular formula is C58H51N3S. The van der Waals surface area contributed by atoms with Gasteiger partial charge in [0.05, 0.1) is 11.4 Å². The van der Waals surface area contributed by atoms with E-state index in [1.165, 1.54) is 62.7 Å². The molecule has 0 spiro atoms. The van der Waals surface area contributed by atoms with E-state index >= 15 is 0 Å². The molecule has 1 aliphatic heterocycles. The predicted molar refractivity (Wildman–Crippen MR) is 269 cm³/mol. The molecule has 8 aromatic rings. The van der Waals surface area contributed by atoms with Crippen LogP contribution >= 0.6 is 11.8 Å². The van der Waals surface area contributed by atoms with E-state index in [-0.39, 0.29) is 0 Å². The summed E-state index contributed by atoms with van der Waals surface area (Å²) in [6.07, 6.45) is 8.59. The molecule has 0 fully saturated rings. The van der Waals surface area contributed by atoms with Crippen LogP contribution in [0.15, 0.2) is 217 Å². The van der Waals surface area contributed by atoms with Crippen LogP contribution in [-0.2, 0) is 0 Å². The fourth-order valence-corrected chi connectivity index (χ4v) is 9.52. The molecule has 62 heavy (non-hydrogen) atoms. The lowest BCUT2D eigenvalue weighted by molar-refractivity contribution is 0.666. The van der Waals surface area contributed by atoms with Crippen molar-refractivity contribution in [3.8, 4) is 22.3 Å². The van der Waals surface area contributed by atoms with E-state index in [0.717, 1.165) is 58.2 Å². The molecule has 0 atom stereocenters. The van der Waals surface area contributed by atoms with Gasteiger partial charge in [-0.2, -0.15) is 0 Å². The molecule has 1 heterocycles. The molecule has 0 unspecified atom stereocenters. The highest BCUT2D eigenvalue weighted by atomic mass is 32.2. The molecule has 0 aromatic heterocycles. The third kappa shape index (κ3) is 8.61. The van der Waals surface area contributed by atoms with Crippen molar-refractivity contribution < 1.29 is 0 Å². The highest BCUT2D eigenvalue weighted by molar-refractivity contribution is 7.99. The number of fused-ring (bicyclic) bond motifs is 2. The standard InChI is InChI=1S/C58H51N3S/c1-4-7-8-15-40-59-55-38-36-53(60(49-28-20-43(5-2)21-29-49)51-32-24-47(25-33-51)45-16-11-9-12-17-45)41-57(55)62-58-42-54(37-39-56(58)59)61(50-30-22-44(6-3)23-31-50)52-34-26-48(27-35-52)46-18-13-10-14-19-46/h5-6,9-14,16-39,41-42H,2-4,7-8,15,40H2,1H3. The van der Waals surface area contributed by atoms with Crippen LogP contribution in [0, 0.1) is 0 Å². The van der Waals surface area contributed by atoms with E-state index in [1.54, 1.807) is 0 Å². The molecule has 0 aliphatic carbocycles. The Kier molecular flexibility index (Phi) is 12.2. The quantitative estimate of drug-likeness (QED) is 0.0953. The Balaban J connectivity index is 1.12. The number of anilines is 8. The highest BCUT2D eigenvalue weighted by Crippen LogP contribution is 2.52. The maximum absolute atomic E-state index is 4.01. The second-order valence-electron chi connectivity index (χ2n) is 15.7. The van der Waals surface area contributed by atoms with E-state index in [1.807, 2.05) is 23.9 Å². The smallest absolute Gasteiger partial charge is 0.0554 e. The van der Waals surface area contributed by atoms with Crippen LogP contribution in [-0.4, -0.2) is 6.54 Å². The van der Waals surface area contributed by atoms with Crippen LogP contribution in [0.4, 0.5) is 45.5 Å². The van der Waals surface area contributed by atoms with Crippen molar-refractivity contribution in [1.82, 2.24) is 0 Å². The first-order chi connectivity index (χ1) is 30.6. The van der Waals surface area contributed by atoms with Crippen LogP contribution < -0.4 is 14.7 Å². The number of benzene rings is 8. The van der Waals surface area contributed by atoms with Gasteiger partial charge in [-0.15, -0.1) is 0 Å². The van der Waals surface area contributed by atoms with E-state index in [0.29, 0.717) is 0 Å². The normalized spacial score (nSPS) is 11.7.